The van der Waals surface area contributed by atoms with Gasteiger partial charge in [-0.25, -0.2) is 0 Å². The number of epoxide rings is 1. The van der Waals surface area contributed by atoms with E-state index in [1.54, 1.807) is 18.2 Å². The predicted molar refractivity (Wildman–Crippen MR) is 83.9 cm³/mol. The second kappa shape index (κ2) is 5.67. The number of ketones is 1. The molecule has 0 bridgehead atoms. The lowest BCUT2D eigenvalue weighted by Crippen LogP contribution is -2.23. The van der Waals surface area contributed by atoms with Gasteiger partial charge in [0.25, 0.3) is 0 Å². The highest BCUT2D eigenvalue weighted by Crippen LogP contribution is 2.43. The van der Waals surface area contributed by atoms with Gasteiger partial charge >= 0.3 is 0 Å². The molecule has 0 radical (unpaired) electrons. The molecular weight excluding hydrogens is 276 g/mol. The van der Waals surface area contributed by atoms with Gasteiger partial charge in [-0.15, -0.1) is 6.42 Å². The third-order valence-electron chi connectivity index (χ3n) is 3.76. The van der Waals surface area contributed by atoms with Crippen LogP contribution in [0.2, 0.25) is 0 Å². The van der Waals surface area contributed by atoms with Gasteiger partial charge in [-0.1, -0.05) is 47.9 Å². The monoisotopic (exact) mass is 292 g/mol. The molecular formula is C19H16O3. The number of carbonyl (C=O) groups excluding carboxylic acids is 1. The van der Waals surface area contributed by atoms with E-state index in [2.05, 4.69) is 5.92 Å². The molecule has 110 valence electrons. The summed E-state index contributed by atoms with van der Waals surface area (Å²) in [5.74, 6) is 2.81. The van der Waals surface area contributed by atoms with Crippen molar-refractivity contribution in [2.45, 2.75) is 12.5 Å². The first-order chi connectivity index (χ1) is 10.7. The topological polar surface area (TPSA) is 38.8 Å². The number of hydrogen-bond donors (Lipinski definition) is 0. The van der Waals surface area contributed by atoms with E-state index in [0.29, 0.717) is 17.9 Å². The molecule has 0 aliphatic carbocycles. The van der Waals surface area contributed by atoms with E-state index in [1.807, 2.05) is 37.3 Å². The zero-order valence-corrected chi connectivity index (χ0v) is 12.3. The smallest absolute Gasteiger partial charge is 0.205 e. The molecule has 0 saturated carbocycles. The lowest BCUT2D eigenvalue weighted by atomic mass is 9.90. The van der Waals surface area contributed by atoms with E-state index in [-0.39, 0.29) is 12.4 Å². The van der Waals surface area contributed by atoms with E-state index >= 15 is 0 Å². The fourth-order valence-electron chi connectivity index (χ4n) is 2.44. The normalized spacial score (nSPS) is 19.3. The third-order valence-corrected chi connectivity index (χ3v) is 3.76. The van der Waals surface area contributed by atoms with E-state index in [1.165, 1.54) is 0 Å². The zero-order chi connectivity index (χ0) is 15.6. The number of aryl methyl sites for hydroxylation is 1. The van der Waals surface area contributed by atoms with Gasteiger partial charge in [0.2, 0.25) is 5.78 Å². The molecule has 2 aromatic rings. The number of hydrogen-bond acceptors (Lipinski definition) is 3. The molecule has 3 rings (SSSR count). The molecule has 0 amide bonds. The van der Waals surface area contributed by atoms with Crippen molar-refractivity contribution in [3.05, 3.63) is 65.2 Å². The molecule has 1 fully saturated rings. The number of rotatable bonds is 5. The molecule has 1 aliphatic heterocycles. The second-order valence-corrected chi connectivity index (χ2v) is 5.30. The van der Waals surface area contributed by atoms with E-state index in [9.17, 15) is 4.79 Å². The first-order valence-electron chi connectivity index (χ1n) is 7.08. The summed E-state index contributed by atoms with van der Waals surface area (Å²) < 4.78 is 11.0. The minimum absolute atomic E-state index is 0.0935. The van der Waals surface area contributed by atoms with E-state index < -0.39 is 5.60 Å². The van der Waals surface area contributed by atoms with Crippen LogP contribution in [-0.2, 0) is 10.3 Å². The third kappa shape index (κ3) is 2.49. The van der Waals surface area contributed by atoms with Crippen molar-refractivity contribution in [3.63, 3.8) is 0 Å². The highest BCUT2D eigenvalue weighted by atomic mass is 16.6. The summed E-state index contributed by atoms with van der Waals surface area (Å²) in [6.45, 7) is 2.52. The van der Waals surface area contributed by atoms with Gasteiger partial charge in [0, 0.05) is 0 Å². The molecule has 3 heteroatoms. The summed E-state index contributed by atoms with van der Waals surface area (Å²) in [6, 6.07) is 14.9. The van der Waals surface area contributed by atoms with Gasteiger partial charge in [-0.3, -0.25) is 4.79 Å². The molecule has 1 unspecified atom stereocenters. The molecule has 1 heterocycles. The Hall–Kier alpha value is -2.57. The Bertz CT molecular complexity index is 734. The van der Waals surface area contributed by atoms with Gasteiger partial charge in [0.15, 0.2) is 5.60 Å². The fourth-order valence-corrected chi connectivity index (χ4v) is 2.44. The SMILES string of the molecule is C#CCOc1ccccc1C(=O)C1(c2ccc(C)cc2)CO1. The molecule has 1 saturated heterocycles. The van der Waals surface area contributed by atoms with Gasteiger partial charge in [0.05, 0.1) is 12.2 Å². The number of carbonyl (C=O) groups is 1. The highest BCUT2D eigenvalue weighted by Gasteiger charge is 2.54. The van der Waals surface area contributed by atoms with Crippen molar-refractivity contribution < 1.29 is 14.3 Å². The Morgan fingerprint density at radius 2 is 1.95 bits per heavy atom. The number of ether oxygens (including phenoxy) is 2. The maximum atomic E-state index is 12.9. The Labute approximate surface area is 129 Å². The van der Waals surface area contributed by atoms with Crippen molar-refractivity contribution in [1.82, 2.24) is 0 Å². The number of terminal acetylenes is 1. The van der Waals surface area contributed by atoms with Gasteiger partial charge in [-0.2, -0.15) is 0 Å². The minimum atomic E-state index is -0.886. The van der Waals surface area contributed by atoms with Crippen LogP contribution in [0.4, 0.5) is 0 Å². The van der Waals surface area contributed by atoms with Crippen molar-refractivity contribution in [3.8, 4) is 18.1 Å². The van der Waals surface area contributed by atoms with Crippen molar-refractivity contribution in [2.75, 3.05) is 13.2 Å². The molecule has 3 nitrogen and oxygen atoms in total. The van der Waals surface area contributed by atoms with Crippen LogP contribution in [0.3, 0.4) is 0 Å². The summed E-state index contributed by atoms with van der Waals surface area (Å²) in [6.07, 6.45) is 5.22. The van der Waals surface area contributed by atoms with Gasteiger partial charge < -0.3 is 9.47 Å². The lowest BCUT2D eigenvalue weighted by Gasteiger charge is -2.14. The van der Waals surface area contributed by atoms with Crippen molar-refractivity contribution >= 4 is 5.78 Å². The van der Waals surface area contributed by atoms with Gasteiger partial charge in [0.1, 0.15) is 12.4 Å². The average molecular weight is 292 g/mol. The molecule has 0 N–H and O–H groups in total. The lowest BCUT2D eigenvalue weighted by molar-refractivity contribution is 0.0867. The molecule has 0 aromatic heterocycles. The Balaban J connectivity index is 1.94. The highest BCUT2D eigenvalue weighted by molar-refractivity contribution is 6.06. The fraction of sp³-hybridized carbons (Fsp3) is 0.211. The average Bonchev–Trinajstić information content (AvgIpc) is 3.35. The molecule has 0 spiro atoms. The maximum Gasteiger partial charge on any atom is 0.205 e. The largest absolute Gasteiger partial charge is 0.480 e. The van der Waals surface area contributed by atoms with Crippen LogP contribution in [0.1, 0.15) is 21.5 Å². The molecule has 2 aromatic carbocycles. The molecule has 22 heavy (non-hydrogen) atoms. The van der Waals surface area contributed by atoms with Crippen LogP contribution in [0, 0.1) is 19.3 Å². The zero-order valence-electron chi connectivity index (χ0n) is 12.3. The number of Topliss-reactive ketones (excluding diaryl/α,β-unsaturated/α-hetero) is 1. The van der Waals surface area contributed by atoms with Crippen molar-refractivity contribution in [1.29, 1.82) is 0 Å². The Morgan fingerprint density at radius 3 is 2.59 bits per heavy atom. The maximum absolute atomic E-state index is 12.9. The second-order valence-electron chi connectivity index (χ2n) is 5.30. The molecule has 1 atom stereocenters. The summed E-state index contributed by atoms with van der Waals surface area (Å²) >= 11 is 0. The first-order valence-corrected chi connectivity index (χ1v) is 7.08. The summed E-state index contributed by atoms with van der Waals surface area (Å²) in [4.78, 5) is 12.9. The number of para-hydroxylation sites is 1. The Morgan fingerprint density at radius 1 is 1.27 bits per heavy atom. The first kappa shape index (κ1) is 14.4. The quantitative estimate of drug-likeness (QED) is 0.483. The Kier molecular flexibility index (Phi) is 3.70. The van der Waals surface area contributed by atoms with E-state index in [0.717, 1.165) is 11.1 Å². The summed E-state index contributed by atoms with van der Waals surface area (Å²) in [5.41, 5.74) is 1.62. The van der Waals surface area contributed by atoms with Crippen LogP contribution >= 0.6 is 0 Å². The van der Waals surface area contributed by atoms with E-state index in [4.69, 9.17) is 15.9 Å². The summed E-state index contributed by atoms with van der Waals surface area (Å²) in [5, 5.41) is 0. The van der Waals surface area contributed by atoms with Crippen LogP contribution in [0.5, 0.6) is 5.75 Å². The summed E-state index contributed by atoms with van der Waals surface area (Å²) in [7, 11) is 0. The minimum Gasteiger partial charge on any atom is -0.480 e. The number of benzene rings is 2. The van der Waals surface area contributed by atoms with Crippen LogP contribution in [0.15, 0.2) is 48.5 Å². The van der Waals surface area contributed by atoms with Crippen molar-refractivity contribution in [2.24, 2.45) is 0 Å². The predicted octanol–water partition coefficient (Wildman–Crippen LogP) is 3.12. The van der Waals surface area contributed by atoms with Crippen LogP contribution < -0.4 is 4.74 Å². The van der Waals surface area contributed by atoms with Crippen LogP contribution in [0.25, 0.3) is 0 Å². The van der Waals surface area contributed by atoms with Crippen LogP contribution in [-0.4, -0.2) is 19.0 Å². The molecule has 1 aliphatic rings. The standard InChI is InChI=1S/C19H16O3/c1-3-12-21-17-7-5-4-6-16(17)18(20)19(13-22-19)15-10-8-14(2)9-11-15/h1,4-11H,12-13H2,2H3. The van der Waals surface area contributed by atoms with Gasteiger partial charge in [-0.05, 0) is 24.6 Å².